The molecule has 18 heavy (non-hydrogen) atoms. The van der Waals surface area contributed by atoms with Crippen LogP contribution < -0.4 is 5.32 Å². The van der Waals surface area contributed by atoms with E-state index >= 15 is 0 Å². The summed E-state index contributed by atoms with van der Waals surface area (Å²) in [6.45, 7) is 6.55. The third-order valence-electron chi connectivity index (χ3n) is 3.75. The van der Waals surface area contributed by atoms with Gasteiger partial charge in [-0.15, -0.1) is 0 Å². The van der Waals surface area contributed by atoms with Crippen LogP contribution in [0.15, 0.2) is 18.2 Å². The van der Waals surface area contributed by atoms with Crippen LogP contribution in [0.4, 0.5) is 0 Å². The van der Waals surface area contributed by atoms with E-state index in [1.54, 1.807) is 0 Å². The molecule has 2 heterocycles. The zero-order chi connectivity index (χ0) is 12.5. The Morgan fingerprint density at radius 3 is 3.06 bits per heavy atom. The number of hydrogen-bond donors (Lipinski definition) is 1. The van der Waals surface area contributed by atoms with Gasteiger partial charge >= 0.3 is 0 Å². The van der Waals surface area contributed by atoms with Gasteiger partial charge in [-0.3, -0.25) is 0 Å². The van der Waals surface area contributed by atoms with Crippen LogP contribution in [0.2, 0.25) is 0 Å². The van der Waals surface area contributed by atoms with Crippen molar-refractivity contribution in [2.75, 3.05) is 6.54 Å². The fraction of sp³-hybridized carbons (Fsp3) is 0.533. The third-order valence-corrected chi connectivity index (χ3v) is 3.75. The van der Waals surface area contributed by atoms with Crippen molar-refractivity contribution in [3.63, 3.8) is 0 Å². The fourth-order valence-corrected chi connectivity index (χ4v) is 2.89. The summed E-state index contributed by atoms with van der Waals surface area (Å²) in [6, 6.07) is 7.04. The SMILES string of the molecule is CCCn1c(C2CCCN2)nc2cc(C)ccc21. The van der Waals surface area contributed by atoms with Gasteiger partial charge in [0.1, 0.15) is 5.82 Å². The first-order valence-corrected chi connectivity index (χ1v) is 6.99. The molecule has 3 heteroatoms. The molecule has 1 N–H and O–H groups in total. The minimum atomic E-state index is 0.448. The minimum Gasteiger partial charge on any atom is -0.327 e. The van der Waals surface area contributed by atoms with Crippen molar-refractivity contribution in [1.82, 2.24) is 14.9 Å². The molecule has 2 aromatic rings. The van der Waals surface area contributed by atoms with Gasteiger partial charge in [0.05, 0.1) is 17.1 Å². The molecule has 1 saturated heterocycles. The Bertz CT molecular complexity index is 550. The topological polar surface area (TPSA) is 29.9 Å². The van der Waals surface area contributed by atoms with E-state index in [9.17, 15) is 0 Å². The molecule has 0 saturated carbocycles. The smallest absolute Gasteiger partial charge is 0.127 e. The van der Waals surface area contributed by atoms with Gasteiger partial charge in [0.2, 0.25) is 0 Å². The Kier molecular flexibility index (Phi) is 3.08. The molecule has 0 spiro atoms. The van der Waals surface area contributed by atoms with Gasteiger partial charge in [-0.25, -0.2) is 4.98 Å². The maximum Gasteiger partial charge on any atom is 0.127 e. The molecular formula is C15H21N3. The van der Waals surface area contributed by atoms with Crippen molar-refractivity contribution in [3.05, 3.63) is 29.6 Å². The number of aromatic nitrogens is 2. The lowest BCUT2D eigenvalue weighted by Gasteiger charge is -2.13. The summed E-state index contributed by atoms with van der Waals surface area (Å²) in [4.78, 5) is 4.87. The van der Waals surface area contributed by atoms with E-state index in [1.807, 2.05) is 0 Å². The molecule has 1 unspecified atom stereocenters. The number of nitrogens with zero attached hydrogens (tertiary/aromatic N) is 2. The van der Waals surface area contributed by atoms with Gasteiger partial charge in [-0.2, -0.15) is 0 Å². The van der Waals surface area contributed by atoms with Crippen molar-refractivity contribution < 1.29 is 0 Å². The number of aryl methyl sites for hydroxylation is 2. The van der Waals surface area contributed by atoms with E-state index in [0.717, 1.165) is 25.0 Å². The molecule has 1 aromatic carbocycles. The van der Waals surface area contributed by atoms with E-state index in [-0.39, 0.29) is 0 Å². The molecule has 1 aromatic heterocycles. The van der Waals surface area contributed by atoms with Crippen LogP contribution in [0.25, 0.3) is 11.0 Å². The quantitative estimate of drug-likeness (QED) is 0.897. The summed E-state index contributed by atoms with van der Waals surface area (Å²) >= 11 is 0. The number of fused-ring (bicyclic) bond motifs is 1. The second-order valence-electron chi connectivity index (χ2n) is 5.26. The van der Waals surface area contributed by atoms with Crippen molar-refractivity contribution in [2.24, 2.45) is 0 Å². The van der Waals surface area contributed by atoms with E-state index < -0.39 is 0 Å². The molecule has 3 rings (SSSR count). The first-order chi connectivity index (χ1) is 8.79. The molecule has 1 fully saturated rings. The number of rotatable bonds is 3. The highest BCUT2D eigenvalue weighted by Gasteiger charge is 2.22. The average Bonchev–Trinajstić information content (AvgIpc) is 2.97. The fourth-order valence-electron chi connectivity index (χ4n) is 2.89. The Labute approximate surface area is 108 Å². The summed E-state index contributed by atoms with van der Waals surface area (Å²) in [5, 5.41) is 3.56. The van der Waals surface area contributed by atoms with Crippen molar-refractivity contribution in [2.45, 2.75) is 45.7 Å². The van der Waals surface area contributed by atoms with E-state index in [1.165, 1.54) is 29.7 Å². The van der Waals surface area contributed by atoms with Crippen LogP contribution in [0, 0.1) is 6.92 Å². The summed E-state index contributed by atoms with van der Waals surface area (Å²) in [5.74, 6) is 1.23. The molecule has 1 aliphatic rings. The predicted molar refractivity (Wildman–Crippen MR) is 74.7 cm³/mol. The highest BCUT2D eigenvalue weighted by molar-refractivity contribution is 5.77. The highest BCUT2D eigenvalue weighted by Crippen LogP contribution is 2.27. The lowest BCUT2D eigenvalue weighted by atomic mass is 10.2. The zero-order valence-electron chi connectivity index (χ0n) is 11.2. The van der Waals surface area contributed by atoms with Crippen LogP contribution in [0.5, 0.6) is 0 Å². The van der Waals surface area contributed by atoms with E-state index in [4.69, 9.17) is 4.98 Å². The average molecular weight is 243 g/mol. The number of imidazole rings is 1. The Morgan fingerprint density at radius 2 is 2.33 bits per heavy atom. The van der Waals surface area contributed by atoms with Gasteiger partial charge in [0, 0.05) is 6.54 Å². The van der Waals surface area contributed by atoms with Gasteiger partial charge < -0.3 is 9.88 Å². The number of benzene rings is 1. The first kappa shape index (κ1) is 11.7. The van der Waals surface area contributed by atoms with Crippen molar-refractivity contribution in [1.29, 1.82) is 0 Å². The Morgan fingerprint density at radius 1 is 1.44 bits per heavy atom. The lowest BCUT2D eigenvalue weighted by molar-refractivity contribution is 0.550. The maximum absolute atomic E-state index is 4.87. The van der Waals surface area contributed by atoms with Crippen molar-refractivity contribution >= 4 is 11.0 Å². The van der Waals surface area contributed by atoms with Crippen LogP contribution in [-0.4, -0.2) is 16.1 Å². The standard InChI is InChI=1S/C15H21N3/c1-3-9-18-14-7-6-11(2)10-13(14)17-15(18)12-5-4-8-16-12/h6-7,10,12,16H,3-5,8-9H2,1-2H3. The zero-order valence-corrected chi connectivity index (χ0v) is 11.2. The molecule has 0 amide bonds. The molecule has 3 nitrogen and oxygen atoms in total. The maximum atomic E-state index is 4.87. The molecule has 1 aliphatic heterocycles. The lowest BCUT2D eigenvalue weighted by Crippen LogP contribution is -2.18. The first-order valence-electron chi connectivity index (χ1n) is 6.99. The van der Waals surface area contributed by atoms with Gasteiger partial charge in [-0.1, -0.05) is 13.0 Å². The van der Waals surface area contributed by atoms with Crippen LogP contribution >= 0.6 is 0 Å². The van der Waals surface area contributed by atoms with Crippen LogP contribution in [0.3, 0.4) is 0 Å². The third kappa shape index (κ3) is 1.93. The predicted octanol–water partition coefficient (Wildman–Crippen LogP) is 3.18. The Balaban J connectivity index is 2.13. The largest absolute Gasteiger partial charge is 0.327 e. The van der Waals surface area contributed by atoms with Gasteiger partial charge in [0.25, 0.3) is 0 Å². The Hall–Kier alpha value is -1.35. The highest BCUT2D eigenvalue weighted by atomic mass is 15.1. The van der Waals surface area contributed by atoms with E-state index in [0.29, 0.717) is 6.04 Å². The summed E-state index contributed by atoms with van der Waals surface area (Å²) < 4.78 is 2.40. The van der Waals surface area contributed by atoms with Crippen molar-refractivity contribution in [3.8, 4) is 0 Å². The summed E-state index contributed by atoms with van der Waals surface area (Å²) in [7, 11) is 0. The summed E-state index contributed by atoms with van der Waals surface area (Å²) in [6.07, 6.45) is 3.63. The minimum absolute atomic E-state index is 0.448. The number of nitrogens with one attached hydrogen (secondary N) is 1. The normalized spacial score (nSPS) is 19.8. The molecule has 0 radical (unpaired) electrons. The number of hydrogen-bond acceptors (Lipinski definition) is 2. The van der Waals surface area contributed by atoms with Gasteiger partial charge in [-0.05, 0) is 50.4 Å². The molecule has 0 aliphatic carbocycles. The molecule has 96 valence electrons. The monoisotopic (exact) mass is 243 g/mol. The summed E-state index contributed by atoms with van der Waals surface area (Å²) in [5.41, 5.74) is 3.72. The van der Waals surface area contributed by atoms with Crippen LogP contribution in [0.1, 0.15) is 43.6 Å². The molecular weight excluding hydrogens is 222 g/mol. The molecule has 0 bridgehead atoms. The molecule has 1 atom stereocenters. The van der Waals surface area contributed by atoms with E-state index in [2.05, 4.69) is 41.9 Å². The second-order valence-corrected chi connectivity index (χ2v) is 5.26. The van der Waals surface area contributed by atoms with Crippen LogP contribution in [-0.2, 0) is 6.54 Å². The second kappa shape index (κ2) is 4.73. The van der Waals surface area contributed by atoms with Gasteiger partial charge in [0.15, 0.2) is 0 Å².